The van der Waals surface area contributed by atoms with E-state index in [-0.39, 0.29) is 18.6 Å². The molecule has 1 unspecified atom stereocenters. The first-order chi connectivity index (χ1) is 11.2. The van der Waals surface area contributed by atoms with Gasteiger partial charge in [-0.25, -0.2) is 0 Å². The molecule has 2 rings (SSSR count). The Labute approximate surface area is 138 Å². The van der Waals surface area contributed by atoms with Crippen molar-refractivity contribution in [2.24, 2.45) is 0 Å². The summed E-state index contributed by atoms with van der Waals surface area (Å²) in [5.74, 6) is 0.0967. The predicted octanol–water partition coefficient (Wildman–Crippen LogP) is 3.55. The van der Waals surface area contributed by atoms with Gasteiger partial charge in [-0.3, -0.25) is 4.79 Å². The minimum Gasteiger partial charge on any atom is -0.396 e. The lowest BCUT2D eigenvalue weighted by Gasteiger charge is -2.18. The minimum absolute atomic E-state index is 0.0967. The summed E-state index contributed by atoms with van der Waals surface area (Å²) in [6.45, 7) is 2.33. The fourth-order valence-electron chi connectivity index (χ4n) is 2.94. The van der Waals surface area contributed by atoms with Gasteiger partial charge in [-0.15, -0.1) is 0 Å². The molecule has 2 aromatic rings. The third kappa shape index (κ3) is 5.39. The first kappa shape index (κ1) is 17.5. The molecule has 0 bridgehead atoms. The van der Waals surface area contributed by atoms with E-state index >= 15 is 0 Å². The molecule has 0 radical (unpaired) electrons. The van der Waals surface area contributed by atoms with Crippen LogP contribution in [-0.2, 0) is 11.2 Å². The molecule has 1 aromatic heterocycles. The lowest BCUT2D eigenvalue weighted by molar-refractivity contribution is -0.122. The maximum absolute atomic E-state index is 12.1. The number of carbonyl (C=O) groups is 1. The Morgan fingerprint density at radius 2 is 2.09 bits per heavy atom. The molecule has 126 valence electrons. The average Bonchev–Trinajstić information content (AvgIpc) is 2.96. The molecule has 0 aliphatic rings. The number of aromatic nitrogens is 1. The number of hydrogen-bond donors (Lipinski definition) is 3. The summed E-state index contributed by atoms with van der Waals surface area (Å²) in [7, 11) is 0. The molecule has 4 heteroatoms. The van der Waals surface area contributed by atoms with E-state index in [0.29, 0.717) is 12.8 Å². The number of carbonyl (C=O) groups excluding carboxylic acids is 1. The zero-order chi connectivity index (χ0) is 16.5. The van der Waals surface area contributed by atoms with Crippen LogP contribution in [0.5, 0.6) is 0 Å². The number of para-hydroxylation sites is 1. The van der Waals surface area contributed by atoms with Crippen molar-refractivity contribution >= 4 is 16.8 Å². The van der Waals surface area contributed by atoms with Crippen molar-refractivity contribution in [3.8, 4) is 0 Å². The van der Waals surface area contributed by atoms with Crippen LogP contribution in [0, 0.1) is 0 Å². The number of rotatable bonds is 10. The van der Waals surface area contributed by atoms with Gasteiger partial charge in [0, 0.05) is 36.2 Å². The zero-order valence-electron chi connectivity index (χ0n) is 14.0. The molecular weight excluding hydrogens is 288 g/mol. The average molecular weight is 316 g/mol. The van der Waals surface area contributed by atoms with Crippen molar-refractivity contribution in [1.29, 1.82) is 0 Å². The van der Waals surface area contributed by atoms with Gasteiger partial charge in [0.05, 0.1) is 0 Å². The van der Waals surface area contributed by atoms with Crippen LogP contribution in [0.2, 0.25) is 0 Å². The summed E-state index contributed by atoms with van der Waals surface area (Å²) >= 11 is 0. The highest BCUT2D eigenvalue weighted by molar-refractivity contribution is 5.83. The molecule has 1 amide bonds. The van der Waals surface area contributed by atoms with E-state index in [9.17, 15) is 4.79 Å². The van der Waals surface area contributed by atoms with E-state index in [4.69, 9.17) is 5.11 Å². The number of aromatic amines is 1. The monoisotopic (exact) mass is 316 g/mol. The molecule has 3 N–H and O–H groups in total. The number of hydrogen-bond acceptors (Lipinski definition) is 2. The number of fused-ring (bicyclic) bond motifs is 1. The number of aliphatic hydroxyl groups is 1. The zero-order valence-corrected chi connectivity index (χ0v) is 14.0. The summed E-state index contributed by atoms with van der Waals surface area (Å²) < 4.78 is 0. The van der Waals surface area contributed by atoms with Gasteiger partial charge < -0.3 is 15.4 Å². The van der Waals surface area contributed by atoms with Crippen LogP contribution < -0.4 is 5.32 Å². The third-order valence-corrected chi connectivity index (χ3v) is 4.22. The quantitative estimate of drug-likeness (QED) is 0.587. The van der Waals surface area contributed by atoms with Gasteiger partial charge in [0.1, 0.15) is 0 Å². The van der Waals surface area contributed by atoms with E-state index in [1.807, 2.05) is 12.1 Å². The van der Waals surface area contributed by atoms with E-state index in [1.54, 1.807) is 0 Å². The third-order valence-electron chi connectivity index (χ3n) is 4.22. The first-order valence-corrected chi connectivity index (χ1v) is 8.69. The fraction of sp³-hybridized carbons (Fsp3) is 0.526. The molecule has 0 saturated carbocycles. The summed E-state index contributed by atoms with van der Waals surface area (Å²) in [5.41, 5.74) is 2.41. The Hall–Kier alpha value is -1.81. The van der Waals surface area contributed by atoms with Crippen molar-refractivity contribution in [3.05, 3.63) is 36.0 Å². The van der Waals surface area contributed by atoms with E-state index in [1.165, 1.54) is 10.9 Å². The molecule has 0 saturated heterocycles. The Morgan fingerprint density at radius 1 is 1.26 bits per heavy atom. The van der Waals surface area contributed by atoms with Gasteiger partial charge in [0.25, 0.3) is 0 Å². The largest absolute Gasteiger partial charge is 0.396 e. The van der Waals surface area contributed by atoms with Crippen LogP contribution in [-0.4, -0.2) is 28.6 Å². The van der Waals surface area contributed by atoms with Crippen LogP contribution >= 0.6 is 0 Å². The van der Waals surface area contributed by atoms with E-state index in [0.717, 1.165) is 37.6 Å². The van der Waals surface area contributed by atoms with Crippen LogP contribution in [0.4, 0.5) is 0 Å². The summed E-state index contributed by atoms with van der Waals surface area (Å²) in [4.78, 5) is 15.4. The molecule has 0 aliphatic carbocycles. The summed E-state index contributed by atoms with van der Waals surface area (Å²) in [6.07, 6.45) is 8.09. The molecule has 1 aromatic carbocycles. The first-order valence-electron chi connectivity index (χ1n) is 8.69. The van der Waals surface area contributed by atoms with E-state index in [2.05, 4.69) is 35.6 Å². The molecule has 4 nitrogen and oxygen atoms in total. The van der Waals surface area contributed by atoms with Gasteiger partial charge in [-0.05, 0) is 37.3 Å². The Morgan fingerprint density at radius 3 is 2.87 bits per heavy atom. The number of H-pyrrole nitrogens is 1. The molecule has 1 atom stereocenters. The number of amides is 1. The van der Waals surface area contributed by atoms with Gasteiger partial charge >= 0.3 is 0 Å². The SMILES string of the molecule is CCCCC(Cc1c[nH]c2ccccc12)NC(=O)CCCCO. The number of nitrogens with one attached hydrogen (secondary N) is 2. The Bertz CT molecular complexity index is 606. The van der Waals surface area contributed by atoms with Gasteiger partial charge in [-0.2, -0.15) is 0 Å². The molecule has 0 spiro atoms. The predicted molar refractivity (Wildman–Crippen MR) is 94.4 cm³/mol. The molecule has 0 fully saturated rings. The standard InChI is InChI=1S/C19H28N2O2/c1-2-3-8-16(21-19(23)11-6-7-12-22)13-15-14-20-18-10-5-4-9-17(15)18/h4-5,9-10,14,16,20,22H,2-3,6-8,11-13H2,1H3,(H,21,23). The number of aliphatic hydroxyl groups excluding tert-OH is 1. The topological polar surface area (TPSA) is 65.1 Å². The molecule has 0 aliphatic heterocycles. The Kier molecular flexibility index (Phi) is 7.14. The van der Waals surface area contributed by atoms with Crippen molar-refractivity contribution < 1.29 is 9.90 Å². The van der Waals surface area contributed by atoms with Crippen molar-refractivity contribution in [2.45, 2.75) is 57.9 Å². The second-order valence-electron chi connectivity index (χ2n) is 6.15. The van der Waals surface area contributed by atoms with E-state index < -0.39 is 0 Å². The maximum atomic E-state index is 12.1. The van der Waals surface area contributed by atoms with Crippen LogP contribution in [0.1, 0.15) is 51.0 Å². The van der Waals surface area contributed by atoms with Crippen LogP contribution in [0.15, 0.2) is 30.5 Å². The lowest BCUT2D eigenvalue weighted by atomic mass is 10.00. The fourth-order valence-corrected chi connectivity index (χ4v) is 2.94. The summed E-state index contributed by atoms with van der Waals surface area (Å²) in [5, 5.41) is 13.2. The van der Waals surface area contributed by atoms with Gasteiger partial charge in [0.2, 0.25) is 5.91 Å². The van der Waals surface area contributed by atoms with Crippen LogP contribution in [0.25, 0.3) is 10.9 Å². The molecular formula is C19H28N2O2. The van der Waals surface area contributed by atoms with Crippen LogP contribution in [0.3, 0.4) is 0 Å². The minimum atomic E-state index is 0.0967. The highest BCUT2D eigenvalue weighted by Crippen LogP contribution is 2.20. The molecule has 1 heterocycles. The van der Waals surface area contributed by atoms with Crippen molar-refractivity contribution in [1.82, 2.24) is 10.3 Å². The summed E-state index contributed by atoms with van der Waals surface area (Å²) in [6, 6.07) is 8.46. The van der Waals surface area contributed by atoms with Gasteiger partial charge in [-0.1, -0.05) is 38.0 Å². The van der Waals surface area contributed by atoms with Crippen molar-refractivity contribution in [2.75, 3.05) is 6.61 Å². The number of benzene rings is 1. The normalized spacial score (nSPS) is 12.4. The lowest BCUT2D eigenvalue weighted by Crippen LogP contribution is -2.36. The highest BCUT2D eigenvalue weighted by Gasteiger charge is 2.14. The van der Waals surface area contributed by atoms with Crippen molar-refractivity contribution in [3.63, 3.8) is 0 Å². The Balaban J connectivity index is 1.98. The van der Waals surface area contributed by atoms with Gasteiger partial charge in [0.15, 0.2) is 0 Å². The number of unbranched alkanes of at least 4 members (excludes halogenated alkanes) is 2. The molecule has 23 heavy (non-hydrogen) atoms. The second-order valence-corrected chi connectivity index (χ2v) is 6.15. The smallest absolute Gasteiger partial charge is 0.220 e. The highest BCUT2D eigenvalue weighted by atomic mass is 16.3. The second kappa shape index (κ2) is 9.36. The maximum Gasteiger partial charge on any atom is 0.220 e.